The second-order valence-corrected chi connectivity index (χ2v) is 3.66. The first-order chi connectivity index (χ1) is 8.19. The summed E-state index contributed by atoms with van der Waals surface area (Å²) in [7, 11) is 1.33. The van der Waals surface area contributed by atoms with Crippen LogP contribution in [0.3, 0.4) is 0 Å². The van der Waals surface area contributed by atoms with Crippen LogP contribution in [0.15, 0.2) is 16.7 Å². The van der Waals surface area contributed by atoms with Gasteiger partial charge in [0.25, 0.3) is 0 Å². The molecule has 0 bridgehead atoms. The first-order valence-electron chi connectivity index (χ1n) is 5.66. The Kier molecular flexibility index (Phi) is 5.72. The van der Waals surface area contributed by atoms with Crippen LogP contribution in [0.1, 0.15) is 30.0 Å². The number of rotatable bonds is 7. The molecule has 0 aliphatic rings. The summed E-state index contributed by atoms with van der Waals surface area (Å²) in [6.45, 7) is 5.93. The molecule has 0 aromatic carbocycles. The number of nitrogens with one attached hydrogen (secondary N) is 1. The van der Waals surface area contributed by atoms with Gasteiger partial charge in [-0.25, -0.2) is 4.79 Å². The molecule has 0 aliphatic carbocycles. The van der Waals surface area contributed by atoms with Crippen LogP contribution in [0.25, 0.3) is 0 Å². The molecule has 0 saturated carbocycles. The lowest BCUT2D eigenvalue weighted by Crippen LogP contribution is -2.26. The lowest BCUT2D eigenvalue weighted by atomic mass is 10.2. The van der Waals surface area contributed by atoms with E-state index < -0.39 is 5.97 Å². The van der Waals surface area contributed by atoms with E-state index in [1.54, 1.807) is 6.07 Å². The molecule has 0 saturated heterocycles. The SMILES string of the molecule is CCOC(C)CNCc1ccoc1C(=O)OC. The van der Waals surface area contributed by atoms with Gasteiger partial charge < -0.3 is 19.2 Å². The Hall–Kier alpha value is -1.33. The molecule has 17 heavy (non-hydrogen) atoms. The van der Waals surface area contributed by atoms with Crippen molar-refractivity contribution in [3.8, 4) is 0 Å². The fraction of sp³-hybridized carbons (Fsp3) is 0.583. The molecule has 0 amide bonds. The molecule has 1 rings (SSSR count). The van der Waals surface area contributed by atoms with Crippen molar-refractivity contribution in [1.29, 1.82) is 0 Å². The van der Waals surface area contributed by atoms with Crippen LogP contribution in [0, 0.1) is 0 Å². The summed E-state index contributed by atoms with van der Waals surface area (Å²) in [5.74, 6) is -0.200. The summed E-state index contributed by atoms with van der Waals surface area (Å²) in [5, 5.41) is 3.20. The second kappa shape index (κ2) is 7.09. The van der Waals surface area contributed by atoms with Gasteiger partial charge in [0, 0.05) is 25.3 Å². The smallest absolute Gasteiger partial charge is 0.374 e. The normalized spacial score (nSPS) is 12.4. The number of furan rings is 1. The van der Waals surface area contributed by atoms with Crippen molar-refractivity contribution in [2.75, 3.05) is 20.3 Å². The van der Waals surface area contributed by atoms with Crippen LogP contribution in [0.2, 0.25) is 0 Å². The zero-order valence-electron chi connectivity index (χ0n) is 10.5. The summed E-state index contributed by atoms with van der Waals surface area (Å²) >= 11 is 0. The summed E-state index contributed by atoms with van der Waals surface area (Å²) in [5.41, 5.74) is 0.792. The van der Waals surface area contributed by atoms with Crippen molar-refractivity contribution >= 4 is 5.97 Å². The molecular weight excluding hydrogens is 222 g/mol. The first kappa shape index (κ1) is 13.7. The number of hydrogen-bond acceptors (Lipinski definition) is 5. The third-order valence-electron chi connectivity index (χ3n) is 2.32. The van der Waals surface area contributed by atoms with E-state index in [1.165, 1.54) is 13.4 Å². The van der Waals surface area contributed by atoms with Gasteiger partial charge in [-0.3, -0.25) is 0 Å². The van der Waals surface area contributed by atoms with Crippen molar-refractivity contribution < 1.29 is 18.7 Å². The Labute approximate surface area is 101 Å². The summed E-state index contributed by atoms with van der Waals surface area (Å²) in [6.07, 6.45) is 1.63. The Morgan fingerprint density at radius 3 is 3.00 bits per heavy atom. The largest absolute Gasteiger partial charge is 0.463 e. The second-order valence-electron chi connectivity index (χ2n) is 3.66. The topological polar surface area (TPSA) is 60.7 Å². The summed E-state index contributed by atoms with van der Waals surface area (Å²) in [6, 6.07) is 1.75. The van der Waals surface area contributed by atoms with E-state index in [9.17, 15) is 4.79 Å². The molecular formula is C12H19NO4. The van der Waals surface area contributed by atoms with E-state index in [1.807, 2.05) is 13.8 Å². The van der Waals surface area contributed by atoms with Crippen molar-refractivity contribution in [3.63, 3.8) is 0 Å². The number of esters is 1. The number of hydrogen-bond donors (Lipinski definition) is 1. The number of carbonyl (C=O) groups is 1. The first-order valence-corrected chi connectivity index (χ1v) is 5.66. The Morgan fingerprint density at radius 1 is 1.59 bits per heavy atom. The minimum absolute atomic E-state index is 0.147. The van der Waals surface area contributed by atoms with E-state index in [0.717, 1.165) is 12.1 Å². The van der Waals surface area contributed by atoms with Crippen LogP contribution in [-0.4, -0.2) is 32.3 Å². The highest BCUT2D eigenvalue weighted by Crippen LogP contribution is 2.11. The summed E-state index contributed by atoms with van der Waals surface area (Å²) in [4.78, 5) is 11.3. The zero-order valence-corrected chi connectivity index (χ0v) is 10.5. The number of ether oxygens (including phenoxy) is 2. The van der Waals surface area contributed by atoms with Crippen LogP contribution >= 0.6 is 0 Å². The molecule has 1 heterocycles. The Bertz CT molecular complexity index is 348. The highest BCUT2D eigenvalue weighted by atomic mass is 16.5. The molecule has 1 atom stereocenters. The maximum atomic E-state index is 11.3. The molecule has 1 aromatic rings. The van der Waals surface area contributed by atoms with E-state index in [2.05, 4.69) is 10.1 Å². The van der Waals surface area contributed by atoms with Gasteiger partial charge in [-0.05, 0) is 19.9 Å². The molecule has 0 spiro atoms. The lowest BCUT2D eigenvalue weighted by Gasteiger charge is -2.12. The third-order valence-corrected chi connectivity index (χ3v) is 2.32. The van der Waals surface area contributed by atoms with Gasteiger partial charge in [-0.2, -0.15) is 0 Å². The quantitative estimate of drug-likeness (QED) is 0.734. The molecule has 0 fully saturated rings. The van der Waals surface area contributed by atoms with Crippen LogP contribution < -0.4 is 5.32 Å². The van der Waals surface area contributed by atoms with Gasteiger partial charge in [-0.1, -0.05) is 0 Å². The maximum absolute atomic E-state index is 11.3. The van der Waals surface area contributed by atoms with Crippen LogP contribution in [0.5, 0.6) is 0 Å². The van der Waals surface area contributed by atoms with Gasteiger partial charge in [-0.15, -0.1) is 0 Å². The van der Waals surface area contributed by atoms with Gasteiger partial charge >= 0.3 is 5.97 Å². The minimum atomic E-state index is -0.454. The van der Waals surface area contributed by atoms with Crippen LogP contribution in [0.4, 0.5) is 0 Å². The zero-order chi connectivity index (χ0) is 12.7. The fourth-order valence-electron chi connectivity index (χ4n) is 1.50. The van der Waals surface area contributed by atoms with Crippen LogP contribution in [-0.2, 0) is 16.0 Å². The monoisotopic (exact) mass is 241 g/mol. The number of methoxy groups -OCH3 is 1. The lowest BCUT2D eigenvalue weighted by molar-refractivity contribution is 0.0563. The van der Waals surface area contributed by atoms with E-state index in [-0.39, 0.29) is 11.9 Å². The molecule has 5 nitrogen and oxygen atoms in total. The van der Waals surface area contributed by atoms with Crippen molar-refractivity contribution in [2.45, 2.75) is 26.5 Å². The highest BCUT2D eigenvalue weighted by molar-refractivity contribution is 5.87. The third kappa shape index (κ3) is 4.20. The molecule has 0 aliphatic heterocycles. The van der Waals surface area contributed by atoms with E-state index >= 15 is 0 Å². The molecule has 1 N–H and O–H groups in total. The average Bonchev–Trinajstić information content (AvgIpc) is 2.77. The van der Waals surface area contributed by atoms with Crippen molar-refractivity contribution in [1.82, 2.24) is 5.32 Å². The molecule has 1 unspecified atom stereocenters. The standard InChI is InChI=1S/C12H19NO4/c1-4-16-9(2)7-13-8-10-5-6-17-11(10)12(14)15-3/h5-6,9,13H,4,7-8H2,1-3H3. The molecule has 96 valence electrons. The molecule has 1 aromatic heterocycles. The van der Waals surface area contributed by atoms with Gasteiger partial charge in [0.2, 0.25) is 5.76 Å². The summed E-state index contributed by atoms with van der Waals surface area (Å²) < 4.78 is 15.1. The van der Waals surface area contributed by atoms with Gasteiger partial charge in [0.1, 0.15) is 0 Å². The van der Waals surface area contributed by atoms with Crippen molar-refractivity contribution in [3.05, 3.63) is 23.7 Å². The van der Waals surface area contributed by atoms with E-state index in [0.29, 0.717) is 13.2 Å². The Morgan fingerprint density at radius 2 is 2.35 bits per heavy atom. The molecule has 0 radical (unpaired) electrons. The average molecular weight is 241 g/mol. The number of carbonyl (C=O) groups excluding carboxylic acids is 1. The van der Waals surface area contributed by atoms with Gasteiger partial charge in [0.15, 0.2) is 0 Å². The van der Waals surface area contributed by atoms with E-state index in [4.69, 9.17) is 9.15 Å². The van der Waals surface area contributed by atoms with Gasteiger partial charge in [0.05, 0.1) is 19.5 Å². The Balaban J connectivity index is 2.41. The van der Waals surface area contributed by atoms with Crippen molar-refractivity contribution in [2.24, 2.45) is 0 Å². The maximum Gasteiger partial charge on any atom is 0.374 e. The highest BCUT2D eigenvalue weighted by Gasteiger charge is 2.15. The molecule has 5 heteroatoms. The fourth-order valence-corrected chi connectivity index (χ4v) is 1.50. The predicted molar refractivity (Wildman–Crippen MR) is 62.8 cm³/mol. The predicted octanol–water partition coefficient (Wildman–Crippen LogP) is 1.58. The minimum Gasteiger partial charge on any atom is -0.463 e.